The molecular formula is C15H12ClN2O3-. The van der Waals surface area contributed by atoms with Crippen LogP contribution >= 0.6 is 11.6 Å². The SMILES string of the molecule is O=C(N[C@@H](Cc1ccccc1)C(=O)[O-])c1cccnc1Cl. The second kappa shape index (κ2) is 6.85. The van der Waals surface area contributed by atoms with Gasteiger partial charge in [0.15, 0.2) is 0 Å². The van der Waals surface area contributed by atoms with Gasteiger partial charge in [-0.3, -0.25) is 4.79 Å². The summed E-state index contributed by atoms with van der Waals surface area (Å²) in [6.45, 7) is 0. The van der Waals surface area contributed by atoms with Gasteiger partial charge in [-0.05, 0) is 24.1 Å². The predicted molar refractivity (Wildman–Crippen MR) is 75.7 cm³/mol. The van der Waals surface area contributed by atoms with E-state index in [4.69, 9.17) is 11.6 Å². The molecule has 6 heteroatoms. The molecule has 0 fully saturated rings. The number of nitrogens with zero attached hydrogens (tertiary/aromatic N) is 1. The minimum Gasteiger partial charge on any atom is -0.548 e. The summed E-state index contributed by atoms with van der Waals surface area (Å²) in [5.41, 5.74) is 0.905. The van der Waals surface area contributed by atoms with Crippen LogP contribution in [0.5, 0.6) is 0 Å². The van der Waals surface area contributed by atoms with Gasteiger partial charge < -0.3 is 15.2 Å². The Morgan fingerprint density at radius 2 is 1.90 bits per heavy atom. The number of aliphatic carboxylic acids is 1. The first-order valence-electron chi connectivity index (χ1n) is 6.24. The van der Waals surface area contributed by atoms with Gasteiger partial charge in [-0.25, -0.2) is 4.98 Å². The fourth-order valence-corrected chi connectivity index (χ4v) is 2.04. The van der Waals surface area contributed by atoms with Gasteiger partial charge >= 0.3 is 0 Å². The Morgan fingerprint density at radius 1 is 1.19 bits per heavy atom. The maximum absolute atomic E-state index is 12.0. The molecule has 0 aliphatic heterocycles. The van der Waals surface area contributed by atoms with Crippen molar-refractivity contribution in [2.75, 3.05) is 0 Å². The van der Waals surface area contributed by atoms with Crippen LogP contribution in [0.15, 0.2) is 48.7 Å². The zero-order chi connectivity index (χ0) is 15.2. The molecule has 5 nitrogen and oxygen atoms in total. The van der Waals surface area contributed by atoms with Crippen LogP contribution < -0.4 is 10.4 Å². The van der Waals surface area contributed by atoms with Gasteiger partial charge in [0.25, 0.3) is 5.91 Å². The summed E-state index contributed by atoms with van der Waals surface area (Å²) in [5.74, 6) is -1.95. The smallest absolute Gasteiger partial charge is 0.254 e. The number of carbonyl (C=O) groups is 2. The summed E-state index contributed by atoms with van der Waals surface area (Å²) in [5, 5.41) is 13.6. The first-order chi connectivity index (χ1) is 10.1. The lowest BCUT2D eigenvalue weighted by Crippen LogP contribution is -2.49. The average molecular weight is 304 g/mol. The van der Waals surface area contributed by atoms with Gasteiger partial charge in [0, 0.05) is 6.20 Å². The van der Waals surface area contributed by atoms with E-state index in [2.05, 4.69) is 10.3 Å². The Morgan fingerprint density at radius 3 is 2.52 bits per heavy atom. The zero-order valence-electron chi connectivity index (χ0n) is 11.0. The topological polar surface area (TPSA) is 82.1 Å². The Hall–Kier alpha value is -2.40. The molecule has 0 radical (unpaired) electrons. The van der Waals surface area contributed by atoms with Crippen molar-refractivity contribution in [2.24, 2.45) is 0 Å². The minimum absolute atomic E-state index is 0.0202. The molecule has 1 N–H and O–H groups in total. The van der Waals surface area contributed by atoms with Crippen LogP contribution in [0, 0.1) is 0 Å². The fraction of sp³-hybridized carbons (Fsp3) is 0.133. The molecule has 0 bridgehead atoms. The van der Waals surface area contributed by atoms with Crippen molar-refractivity contribution in [3.05, 3.63) is 64.9 Å². The Kier molecular flexibility index (Phi) is 4.90. The number of nitrogens with one attached hydrogen (secondary N) is 1. The second-order valence-electron chi connectivity index (χ2n) is 4.38. The fourth-order valence-electron chi connectivity index (χ4n) is 1.83. The lowest BCUT2D eigenvalue weighted by molar-refractivity contribution is -0.308. The van der Waals surface area contributed by atoms with Crippen LogP contribution in [0.3, 0.4) is 0 Å². The lowest BCUT2D eigenvalue weighted by atomic mass is 10.1. The molecule has 0 spiro atoms. The van der Waals surface area contributed by atoms with E-state index in [0.717, 1.165) is 5.56 Å². The number of pyridine rings is 1. The summed E-state index contributed by atoms with van der Waals surface area (Å²) in [6, 6.07) is 10.8. The number of hydrogen-bond donors (Lipinski definition) is 1. The largest absolute Gasteiger partial charge is 0.548 e. The first kappa shape index (κ1) is 15.0. The van der Waals surface area contributed by atoms with Crippen LogP contribution in [-0.2, 0) is 11.2 Å². The molecule has 0 aliphatic carbocycles. The maximum atomic E-state index is 12.0. The molecule has 0 saturated heterocycles. The molecular weight excluding hydrogens is 292 g/mol. The monoisotopic (exact) mass is 303 g/mol. The number of carbonyl (C=O) groups excluding carboxylic acids is 2. The van der Waals surface area contributed by atoms with Gasteiger partial charge in [0.2, 0.25) is 0 Å². The number of benzene rings is 1. The van der Waals surface area contributed by atoms with Gasteiger partial charge in [-0.2, -0.15) is 0 Å². The molecule has 1 aromatic heterocycles. The van der Waals surface area contributed by atoms with E-state index in [1.54, 1.807) is 30.3 Å². The highest BCUT2D eigenvalue weighted by Gasteiger charge is 2.17. The summed E-state index contributed by atoms with van der Waals surface area (Å²) < 4.78 is 0. The number of carboxylic acid groups (broad SMARTS) is 1. The summed E-state index contributed by atoms with van der Waals surface area (Å²) in [7, 11) is 0. The van der Waals surface area contributed by atoms with Gasteiger partial charge in [0.1, 0.15) is 5.15 Å². The molecule has 1 aromatic carbocycles. The minimum atomic E-state index is -1.35. The summed E-state index contributed by atoms with van der Waals surface area (Å²) in [6.07, 6.45) is 1.58. The number of carboxylic acids is 1. The third kappa shape index (κ3) is 4.03. The number of aromatic nitrogens is 1. The third-order valence-corrected chi connectivity index (χ3v) is 3.18. The van der Waals surface area contributed by atoms with E-state index < -0.39 is 17.9 Å². The highest BCUT2D eigenvalue weighted by Crippen LogP contribution is 2.12. The molecule has 1 amide bonds. The normalized spacial score (nSPS) is 11.7. The number of halogens is 1. The lowest BCUT2D eigenvalue weighted by Gasteiger charge is -2.20. The molecule has 0 unspecified atom stereocenters. The molecule has 21 heavy (non-hydrogen) atoms. The van der Waals surface area contributed by atoms with Crippen LogP contribution in [-0.4, -0.2) is 22.9 Å². The summed E-state index contributed by atoms with van der Waals surface area (Å²) >= 11 is 5.81. The van der Waals surface area contributed by atoms with Crippen molar-refractivity contribution in [3.8, 4) is 0 Å². The van der Waals surface area contributed by atoms with Gasteiger partial charge in [-0.1, -0.05) is 41.9 Å². The van der Waals surface area contributed by atoms with Crippen LogP contribution in [0.2, 0.25) is 5.15 Å². The molecule has 2 rings (SSSR count). The van der Waals surface area contributed by atoms with E-state index in [1.807, 2.05) is 6.07 Å². The summed E-state index contributed by atoms with van der Waals surface area (Å²) in [4.78, 5) is 27.0. The van der Waals surface area contributed by atoms with E-state index in [1.165, 1.54) is 12.3 Å². The molecule has 108 valence electrons. The van der Waals surface area contributed by atoms with Crippen molar-refractivity contribution in [3.63, 3.8) is 0 Å². The number of hydrogen-bond acceptors (Lipinski definition) is 4. The van der Waals surface area contributed by atoms with Crippen molar-refractivity contribution >= 4 is 23.5 Å². The van der Waals surface area contributed by atoms with Crippen molar-refractivity contribution in [1.29, 1.82) is 0 Å². The highest BCUT2D eigenvalue weighted by atomic mass is 35.5. The van der Waals surface area contributed by atoms with E-state index >= 15 is 0 Å². The predicted octanol–water partition coefficient (Wildman–Crippen LogP) is 0.826. The average Bonchev–Trinajstić information content (AvgIpc) is 2.48. The van der Waals surface area contributed by atoms with Crippen LogP contribution in [0.1, 0.15) is 15.9 Å². The molecule has 0 aliphatic rings. The molecule has 2 aromatic rings. The molecule has 0 saturated carbocycles. The number of amides is 1. The zero-order valence-corrected chi connectivity index (χ0v) is 11.7. The standard InChI is InChI=1S/C15H13ClN2O3/c16-13-11(7-4-8-17-13)14(19)18-12(15(20)21)9-10-5-2-1-3-6-10/h1-8,12H,9H2,(H,18,19)(H,20,21)/p-1/t12-/m0/s1. The van der Waals surface area contributed by atoms with Gasteiger partial charge in [0.05, 0.1) is 17.6 Å². The Balaban J connectivity index is 2.12. The molecule has 1 heterocycles. The van der Waals surface area contributed by atoms with Crippen molar-refractivity contribution in [2.45, 2.75) is 12.5 Å². The van der Waals surface area contributed by atoms with Gasteiger partial charge in [-0.15, -0.1) is 0 Å². The quantitative estimate of drug-likeness (QED) is 0.829. The number of rotatable bonds is 5. The third-order valence-electron chi connectivity index (χ3n) is 2.88. The Bertz CT molecular complexity index is 646. The first-order valence-corrected chi connectivity index (χ1v) is 6.62. The van der Waals surface area contributed by atoms with Crippen molar-refractivity contribution < 1.29 is 14.7 Å². The second-order valence-corrected chi connectivity index (χ2v) is 4.73. The highest BCUT2D eigenvalue weighted by molar-refractivity contribution is 6.32. The van der Waals surface area contributed by atoms with Crippen LogP contribution in [0.4, 0.5) is 0 Å². The van der Waals surface area contributed by atoms with E-state index in [0.29, 0.717) is 0 Å². The molecule has 1 atom stereocenters. The van der Waals surface area contributed by atoms with Crippen LogP contribution in [0.25, 0.3) is 0 Å². The van der Waals surface area contributed by atoms with E-state index in [9.17, 15) is 14.7 Å². The van der Waals surface area contributed by atoms with Crippen molar-refractivity contribution in [1.82, 2.24) is 10.3 Å². The Labute approximate surface area is 126 Å². The maximum Gasteiger partial charge on any atom is 0.254 e. The van der Waals surface area contributed by atoms with E-state index in [-0.39, 0.29) is 17.1 Å².